The number of nitrogens with one attached hydrogen (secondary N) is 1. The summed E-state index contributed by atoms with van der Waals surface area (Å²) in [4.78, 5) is 26.6. The molecule has 4 aromatic rings. The van der Waals surface area contributed by atoms with E-state index in [0.29, 0.717) is 12.0 Å². The summed E-state index contributed by atoms with van der Waals surface area (Å²) in [6.45, 7) is 3.93. The van der Waals surface area contributed by atoms with Gasteiger partial charge in [-0.25, -0.2) is 15.0 Å². The van der Waals surface area contributed by atoms with Crippen LogP contribution >= 0.6 is 11.5 Å². The lowest BCUT2D eigenvalue weighted by Gasteiger charge is -2.10. The predicted molar refractivity (Wildman–Crippen MR) is 113 cm³/mol. The SMILES string of the molecule is CCc1ccccc1NC(=O)c1c(C)nsc1Cc1cc(-n2ccnc2)ncn1. The van der Waals surface area contributed by atoms with E-state index in [1.165, 1.54) is 17.9 Å². The van der Waals surface area contributed by atoms with Gasteiger partial charge in [-0.1, -0.05) is 25.1 Å². The van der Waals surface area contributed by atoms with Gasteiger partial charge in [-0.15, -0.1) is 0 Å². The molecule has 0 radical (unpaired) electrons. The number of amides is 1. The van der Waals surface area contributed by atoms with E-state index in [-0.39, 0.29) is 5.91 Å². The monoisotopic (exact) mass is 404 g/mol. The Morgan fingerprint density at radius 2 is 2.10 bits per heavy atom. The highest BCUT2D eigenvalue weighted by Gasteiger charge is 2.20. The predicted octanol–water partition coefficient (Wildman–Crippen LogP) is 3.83. The molecule has 0 aliphatic rings. The van der Waals surface area contributed by atoms with Crippen molar-refractivity contribution in [1.82, 2.24) is 23.9 Å². The van der Waals surface area contributed by atoms with Gasteiger partial charge in [0.1, 0.15) is 18.5 Å². The first-order chi connectivity index (χ1) is 14.2. The molecular formula is C21H20N6OS. The number of hydrogen-bond donors (Lipinski definition) is 1. The van der Waals surface area contributed by atoms with Gasteiger partial charge in [0, 0.05) is 35.4 Å². The van der Waals surface area contributed by atoms with Crippen LogP contribution in [0.2, 0.25) is 0 Å². The van der Waals surface area contributed by atoms with E-state index in [9.17, 15) is 4.79 Å². The summed E-state index contributed by atoms with van der Waals surface area (Å²) in [6, 6.07) is 9.74. The molecule has 1 aromatic carbocycles. The van der Waals surface area contributed by atoms with Crippen molar-refractivity contribution in [2.75, 3.05) is 5.32 Å². The van der Waals surface area contributed by atoms with Crippen molar-refractivity contribution < 1.29 is 4.79 Å². The van der Waals surface area contributed by atoms with Gasteiger partial charge in [-0.05, 0) is 36.5 Å². The van der Waals surface area contributed by atoms with Crippen LogP contribution in [0.3, 0.4) is 0 Å². The van der Waals surface area contributed by atoms with Crippen LogP contribution in [0.15, 0.2) is 55.4 Å². The highest BCUT2D eigenvalue weighted by Crippen LogP contribution is 2.24. The molecule has 0 unspecified atom stereocenters. The summed E-state index contributed by atoms with van der Waals surface area (Å²) in [5.41, 5.74) is 4.09. The lowest BCUT2D eigenvalue weighted by atomic mass is 10.1. The highest BCUT2D eigenvalue weighted by atomic mass is 32.1. The number of imidazole rings is 1. The van der Waals surface area contributed by atoms with Crippen molar-refractivity contribution in [2.24, 2.45) is 0 Å². The third-order valence-electron chi connectivity index (χ3n) is 4.63. The normalized spacial score (nSPS) is 10.8. The van der Waals surface area contributed by atoms with Crippen LogP contribution in [0.1, 0.15) is 39.1 Å². The van der Waals surface area contributed by atoms with Gasteiger partial charge in [0.05, 0.1) is 17.0 Å². The molecule has 0 bridgehead atoms. The number of para-hydroxylation sites is 1. The fraction of sp³-hybridized carbons (Fsp3) is 0.190. The molecule has 3 aromatic heterocycles. The molecule has 0 saturated heterocycles. The quantitative estimate of drug-likeness (QED) is 0.528. The number of aromatic nitrogens is 5. The maximum atomic E-state index is 13.0. The number of anilines is 1. The standard InChI is InChI=1S/C21H20N6OS/c1-3-15-6-4-5-7-17(15)25-21(28)20-14(2)26-29-18(20)10-16-11-19(24-12-23-16)27-9-8-22-13-27/h4-9,11-13H,3,10H2,1-2H3,(H,25,28). The molecule has 29 heavy (non-hydrogen) atoms. The molecule has 0 saturated carbocycles. The van der Waals surface area contributed by atoms with Crippen molar-refractivity contribution in [2.45, 2.75) is 26.7 Å². The lowest BCUT2D eigenvalue weighted by Crippen LogP contribution is -2.15. The summed E-state index contributed by atoms with van der Waals surface area (Å²) in [5.74, 6) is 0.590. The Morgan fingerprint density at radius 3 is 2.90 bits per heavy atom. The molecule has 4 rings (SSSR count). The second-order valence-corrected chi connectivity index (χ2v) is 7.40. The first-order valence-electron chi connectivity index (χ1n) is 9.29. The first-order valence-corrected chi connectivity index (χ1v) is 10.1. The van der Waals surface area contributed by atoms with E-state index in [1.54, 1.807) is 12.5 Å². The second kappa shape index (κ2) is 8.32. The molecule has 8 heteroatoms. The van der Waals surface area contributed by atoms with Crippen molar-refractivity contribution in [3.63, 3.8) is 0 Å². The van der Waals surface area contributed by atoms with Gasteiger partial charge in [-0.3, -0.25) is 9.36 Å². The zero-order valence-corrected chi connectivity index (χ0v) is 17.0. The van der Waals surface area contributed by atoms with E-state index >= 15 is 0 Å². The third-order valence-corrected chi connectivity index (χ3v) is 5.56. The van der Waals surface area contributed by atoms with Crippen molar-refractivity contribution in [1.29, 1.82) is 0 Å². The zero-order chi connectivity index (χ0) is 20.2. The van der Waals surface area contributed by atoms with Crippen molar-refractivity contribution in [3.8, 4) is 5.82 Å². The van der Waals surface area contributed by atoms with Crippen LogP contribution in [0, 0.1) is 6.92 Å². The molecule has 1 amide bonds. The minimum absolute atomic E-state index is 0.143. The summed E-state index contributed by atoms with van der Waals surface area (Å²) in [5, 5.41) is 3.05. The van der Waals surface area contributed by atoms with Crippen LogP contribution < -0.4 is 5.32 Å². The maximum Gasteiger partial charge on any atom is 0.258 e. The first kappa shape index (κ1) is 18.9. The van der Waals surface area contributed by atoms with Gasteiger partial charge in [0.2, 0.25) is 0 Å². The Labute approximate surface area is 172 Å². The zero-order valence-electron chi connectivity index (χ0n) is 16.2. The van der Waals surface area contributed by atoms with Crippen molar-refractivity contribution >= 4 is 23.1 Å². The topological polar surface area (TPSA) is 85.6 Å². The van der Waals surface area contributed by atoms with Gasteiger partial charge in [0.15, 0.2) is 0 Å². The van der Waals surface area contributed by atoms with Crippen LogP contribution in [0.5, 0.6) is 0 Å². The molecular weight excluding hydrogens is 384 g/mol. The molecule has 3 heterocycles. The summed E-state index contributed by atoms with van der Waals surface area (Å²) >= 11 is 1.33. The Morgan fingerprint density at radius 1 is 1.24 bits per heavy atom. The molecule has 0 atom stereocenters. The molecule has 0 aliphatic heterocycles. The van der Waals surface area contributed by atoms with Crippen LogP contribution in [-0.2, 0) is 12.8 Å². The van der Waals surface area contributed by atoms with Crippen molar-refractivity contribution in [3.05, 3.63) is 82.8 Å². The summed E-state index contributed by atoms with van der Waals surface area (Å²) in [6.07, 6.45) is 8.09. The maximum absolute atomic E-state index is 13.0. The number of carbonyl (C=O) groups is 1. The smallest absolute Gasteiger partial charge is 0.258 e. The third kappa shape index (κ3) is 4.07. The Kier molecular flexibility index (Phi) is 5.44. The highest BCUT2D eigenvalue weighted by molar-refractivity contribution is 7.06. The lowest BCUT2D eigenvalue weighted by molar-refractivity contribution is 0.102. The summed E-state index contributed by atoms with van der Waals surface area (Å²) in [7, 11) is 0. The molecule has 7 nitrogen and oxygen atoms in total. The minimum Gasteiger partial charge on any atom is -0.322 e. The van der Waals surface area contributed by atoms with E-state index in [0.717, 1.165) is 39.8 Å². The van der Waals surface area contributed by atoms with Gasteiger partial charge >= 0.3 is 0 Å². The fourth-order valence-electron chi connectivity index (χ4n) is 3.15. The van der Waals surface area contributed by atoms with Gasteiger partial charge in [-0.2, -0.15) is 4.37 Å². The molecule has 0 fully saturated rings. The van der Waals surface area contributed by atoms with E-state index < -0.39 is 0 Å². The van der Waals surface area contributed by atoms with Gasteiger partial charge < -0.3 is 5.32 Å². The number of aryl methyl sites for hydroxylation is 2. The molecule has 0 spiro atoms. The Bertz CT molecular complexity index is 1140. The van der Waals surface area contributed by atoms with Crippen LogP contribution in [0.25, 0.3) is 5.82 Å². The van der Waals surface area contributed by atoms with E-state index in [2.05, 4.69) is 31.6 Å². The number of hydrogen-bond acceptors (Lipinski definition) is 6. The Balaban J connectivity index is 1.59. The summed E-state index contributed by atoms with van der Waals surface area (Å²) < 4.78 is 6.23. The number of benzene rings is 1. The van der Waals surface area contributed by atoms with Crippen LogP contribution in [-0.4, -0.2) is 29.8 Å². The second-order valence-electron chi connectivity index (χ2n) is 6.55. The Hall–Kier alpha value is -3.39. The average molecular weight is 404 g/mol. The number of rotatable bonds is 6. The largest absolute Gasteiger partial charge is 0.322 e. The molecule has 0 aliphatic carbocycles. The van der Waals surface area contributed by atoms with Crippen LogP contribution in [0.4, 0.5) is 5.69 Å². The number of nitrogens with zero attached hydrogens (tertiary/aromatic N) is 5. The molecule has 146 valence electrons. The fourth-order valence-corrected chi connectivity index (χ4v) is 4.03. The van der Waals surface area contributed by atoms with E-state index in [4.69, 9.17) is 0 Å². The van der Waals surface area contributed by atoms with E-state index in [1.807, 2.05) is 48.0 Å². The average Bonchev–Trinajstić information content (AvgIpc) is 3.39. The minimum atomic E-state index is -0.143. The molecule has 1 N–H and O–H groups in total. The van der Waals surface area contributed by atoms with Gasteiger partial charge in [0.25, 0.3) is 5.91 Å². The number of carbonyl (C=O) groups excluding carboxylic acids is 1.